The maximum absolute atomic E-state index is 12.7. The Bertz CT molecular complexity index is 1500. The van der Waals surface area contributed by atoms with Crippen LogP contribution in [0.2, 0.25) is 0 Å². The number of aromatic nitrogens is 2. The zero-order valence-corrected chi connectivity index (χ0v) is 18.1. The SMILES string of the molecule is O=C(/C=C/c1cn(-c2ccccc2)nc1-c1ccc2c3c(cccc13)CC2)c1ccccc1. The molecule has 0 aliphatic heterocycles. The molecule has 0 unspecified atom stereocenters. The van der Waals surface area contributed by atoms with Gasteiger partial charge in [-0.15, -0.1) is 0 Å². The predicted molar refractivity (Wildman–Crippen MR) is 134 cm³/mol. The van der Waals surface area contributed by atoms with Crippen LogP contribution in [0.5, 0.6) is 0 Å². The molecule has 0 saturated heterocycles. The van der Waals surface area contributed by atoms with Crippen molar-refractivity contribution in [3.05, 3.63) is 126 Å². The molecule has 5 aromatic rings. The molecule has 0 spiro atoms. The molecule has 1 aromatic heterocycles. The van der Waals surface area contributed by atoms with Crippen LogP contribution in [0, 0.1) is 0 Å². The molecule has 6 rings (SSSR count). The van der Waals surface area contributed by atoms with Gasteiger partial charge >= 0.3 is 0 Å². The number of rotatable bonds is 5. The Morgan fingerprint density at radius 2 is 1.52 bits per heavy atom. The monoisotopic (exact) mass is 426 g/mol. The number of nitrogens with zero attached hydrogens (tertiary/aromatic N) is 2. The Labute approximate surface area is 192 Å². The molecular weight excluding hydrogens is 404 g/mol. The summed E-state index contributed by atoms with van der Waals surface area (Å²) in [5.41, 5.74) is 7.37. The number of hydrogen-bond acceptors (Lipinski definition) is 2. The van der Waals surface area contributed by atoms with Crippen LogP contribution in [0.1, 0.15) is 27.0 Å². The van der Waals surface area contributed by atoms with Crippen molar-refractivity contribution in [2.75, 3.05) is 0 Å². The summed E-state index contributed by atoms with van der Waals surface area (Å²) >= 11 is 0. The van der Waals surface area contributed by atoms with Crippen LogP contribution in [0.3, 0.4) is 0 Å². The molecule has 0 amide bonds. The quantitative estimate of drug-likeness (QED) is 0.232. The molecule has 3 nitrogen and oxygen atoms in total. The fourth-order valence-corrected chi connectivity index (χ4v) is 4.75. The van der Waals surface area contributed by atoms with E-state index in [0.29, 0.717) is 5.56 Å². The number of para-hydroxylation sites is 1. The molecule has 1 heterocycles. The van der Waals surface area contributed by atoms with Crippen molar-refractivity contribution in [1.82, 2.24) is 9.78 Å². The third-order valence-corrected chi connectivity index (χ3v) is 6.37. The van der Waals surface area contributed by atoms with Crippen LogP contribution in [0.4, 0.5) is 0 Å². The van der Waals surface area contributed by atoms with E-state index >= 15 is 0 Å². The number of ketones is 1. The lowest BCUT2D eigenvalue weighted by Crippen LogP contribution is -1.94. The van der Waals surface area contributed by atoms with Gasteiger partial charge in [0.1, 0.15) is 5.69 Å². The van der Waals surface area contributed by atoms with E-state index in [9.17, 15) is 4.79 Å². The van der Waals surface area contributed by atoms with Crippen LogP contribution >= 0.6 is 0 Å². The van der Waals surface area contributed by atoms with Crippen LogP contribution < -0.4 is 0 Å². The summed E-state index contributed by atoms with van der Waals surface area (Å²) < 4.78 is 1.89. The minimum atomic E-state index is -0.0191. The van der Waals surface area contributed by atoms with Crippen molar-refractivity contribution >= 4 is 22.6 Å². The highest BCUT2D eigenvalue weighted by Crippen LogP contribution is 2.38. The summed E-state index contributed by atoms with van der Waals surface area (Å²) in [5, 5.41) is 7.57. The molecular formula is C30H22N2O. The van der Waals surface area contributed by atoms with Gasteiger partial charge in [0.15, 0.2) is 5.78 Å². The second kappa shape index (κ2) is 8.03. The number of carbonyl (C=O) groups excluding carboxylic acids is 1. The molecule has 1 aliphatic rings. The van der Waals surface area contributed by atoms with Gasteiger partial charge < -0.3 is 0 Å². The van der Waals surface area contributed by atoms with E-state index in [1.807, 2.05) is 77.6 Å². The minimum Gasteiger partial charge on any atom is -0.289 e. The summed E-state index contributed by atoms with van der Waals surface area (Å²) in [4.78, 5) is 12.7. The third kappa shape index (κ3) is 3.48. The first kappa shape index (κ1) is 19.4. The molecule has 0 atom stereocenters. The molecule has 3 heteroatoms. The number of benzene rings is 4. The number of carbonyl (C=O) groups is 1. The lowest BCUT2D eigenvalue weighted by atomic mass is 9.96. The van der Waals surface area contributed by atoms with Crippen molar-refractivity contribution < 1.29 is 4.79 Å². The molecule has 158 valence electrons. The van der Waals surface area contributed by atoms with Gasteiger partial charge in [0.05, 0.1) is 5.69 Å². The standard InChI is InChI=1S/C30H22N2O/c33-28(21-8-3-1-4-9-21)19-17-24-20-32(25-11-5-2-6-12-25)31-30(24)27-18-16-23-15-14-22-10-7-13-26(27)29(22)23/h1-13,16-20H,14-15H2/b19-17+. The first-order valence-electron chi connectivity index (χ1n) is 11.2. The summed E-state index contributed by atoms with van der Waals surface area (Å²) in [6.45, 7) is 0. The van der Waals surface area contributed by atoms with Gasteiger partial charge in [-0.05, 0) is 59.0 Å². The van der Waals surface area contributed by atoms with Gasteiger partial charge in [0, 0.05) is 22.9 Å². The average Bonchev–Trinajstić information content (AvgIpc) is 3.50. The molecule has 4 aromatic carbocycles. The Morgan fingerprint density at radius 1 is 0.788 bits per heavy atom. The zero-order chi connectivity index (χ0) is 22.2. The largest absolute Gasteiger partial charge is 0.289 e. The van der Waals surface area contributed by atoms with Crippen molar-refractivity contribution in [3.63, 3.8) is 0 Å². The van der Waals surface area contributed by atoms with Gasteiger partial charge in [-0.1, -0.05) is 78.9 Å². The molecule has 0 bridgehead atoms. The highest BCUT2D eigenvalue weighted by Gasteiger charge is 2.19. The van der Waals surface area contributed by atoms with E-state index in [-0.39, 0.29) is 5.78 Å². The van der Waals surface area contributed by atoms with Crippen LogP contribution in [0.15, 0.2) is 103 Å². The van der Waals surface area contributed by atoms with E-state index in [1.165, 1.54) is 21.9 Å². The fraction of sp³-hybridized carbons (Fsp3) is 0.0667. The average molecular weight is 427 g/mol. The smallest absolute Gasteiger partial charge is 0.185 e. The van der Waals surface area contributed by atoms with Crippen LogP contribution in [-0.2, 0) is 12.8 Å². The molecule has 0 radical (unpaired) electrons. The second-order valence-corrected chi connectivity index (χ2v) is 8.39. The van der Waals surface area contributed by atoms with Crippen molar-refractivity contribution in [2.24, 2.45) is 0 Å². The van der Waals surface area contributed by atoms with Gasteiger partial charge in [-0.3, -0.25) is 4.79 Å². The normalized spacial score (nSPS) is 12.6. The van der Waals surface area contributed by atoms with E-state index in [1.54, 1.807) is 6.08 Å². The van der Waals surface area contributed by atoms with Crippen LogP contribution in [-0.4, -0.2) is 15.6 Å². The van der Waals surface area contributed by atoms with E-state index in [0.717, 1.165) is 35.3 Å². The van der Waals surface area contributed by atoms with Gasteiger partial charge in [0.2, 0.25) is 0 Å². The molecule has 0 N–H and O–H groups in total. The Balaban J connectivity index is 1.51. The second-order valence-electron chi connectivity index (χ2n) is 8.39. The first-order chi connectivity index (χ1) is 16.3. The van der Waals surface area contributed by atoms with E-state index in [2.05, 4.69) is 30.3 Å². The summed E-state index contributed by atoms with van der Waals surface area (Å²) in [6, 6.07) is 30.4. The summed E-state index contributed by atoms with van der Waals surface area (Å²) in [7, 11) is 0. The minimum absolute atomic E-state index is 0.0191. The molecule has 0 saturated carbocycles. The maximum atomic E-state index is 12.7. The highest BCUT2D eigenvalue weighted by atomic mass is 16.1. The summed E-state index contributed by atoms with van der Waals surface area (Å²) in [6.07, 6.45) is 7.72. The molecule has 0 fully saturated rings. The van der Waals surface area contributed by atoms with Gasteiger partial charge in [0.25, 0.3) is 0 Å². The Morgan fingerprint density at radius 3 is 2.30 bits per heavy atom. The summed E-state index contributed by atoms with van der Waals surface area (Å²) in [5.74, 6) is -0.0191. The van der Waals surface area contributed by atoms with E-state index < -0.39 is 0 Å². The highest BCUT2D eigenvalue weighted by molar-refractivity contribution is 6.07. The first-order valence-corrected chi connectivity index (χ1v) is 11.2. The number of hydrogen-bond donors (Lipinski definition) is 0. The van der Waals surface area contributed by atoms with Crippen LogP contribution in [0.25, 0.3) is 33.8 Å². The third-order valence-electron chi connectivity index (χ3n) is 6.37. The van der Waals surface area contributed by atoms with Gasteiger partial charge in [-0.25, -0.2) is 4.68 Å². The molecule has 1 aliphatic carbocycles. The van der Waals surface area contributed by atoms with E-state index in [4.69, 9.17) is 5.10 Å². The lowest BCUT2D eigenvalue weighted by Gasteiger charge is -2.08. The van der Waals surface area contributed by atoms with Gasteiger partial charge in [-0.2, -0.15) is 5.10 Å². The topological polar surface area (TPSA) is 34.9 Å². The Hall–Kier alpha value is -4.24. The maximum Gasteiger partial charge on any atom is 0.185 e. The number of aryl methyl sites for hydroxylation is 2. The Kier molecular flexibility index (Phi) is 4.73. The van der Waals surface area contributed by atoms with Crippen molar-refractivity contribution in [1.29, 1.82) is 0 Å². The van der Waals surface area contributed by atoms with Crippen molar-refractivity contribution in [3.8, 4) is 16.9 Å². The lowest BCUT2D eigenvalue weighted by molar-refractivity contribution is 0.104. The zero-order valence-electron chi connectivity index (χ0n) is 18.1. The fourth-order valence-electron chi connectivity index (χ4n) is 4.75. The molecule has 33 heavy (non-hydrogen) atoms. The predicted octanol–water partition coefficient (Wildman–Crippen LogP) is 6.69. The number of allylic oxidation sites excluding steroid dienone is 1. The van der Waals surface area contributed by atoms with Crippen molar-refractivity contribution in [2.45, 2.75) is 12.8 Å².